The molecule has 26 heavy (non-hydrogen) atoms. The summed E-state index contributed by atoms with van der Waals surface area (Å²) in [5.41, 5.74) is 2.88. The van der Waals surface area contributed by atoms with Gasteiger partial charge in [-0.3, -0.25) is 9.59 Å². The Bertz CT molecular complexity index is 777. The van der Waals surface area contributed by atoms with Gasteiger partial charge in [0.05, 0.1) is 6.54 Å². The number of rotatable bonds is 6. The third kappa shape index (κ3) is 4.15. The molecule has 5 heteroatoms. The number of carbonyl (C=O) groups excluding carboxylic acids is 2. The summed E-state index contributed by atoms with van der Waals surface area (Å²) in [4.78, 5) is 25.8. The van der Waals surface area contributed by atoms with Gasteiger partial charge in [0.15, 0.2) is 0 Å². The molecule has 2 N–H and O–H groups in total. The number of nitrogens with one attached hydrogen (secondary N) is 2. The van der Waals surface area contributed by atoms with Crippen LogP contribution in [0.5, 0.6) is 0 Å². The van der Waals surface area contributed by atoms with E-state index in [1.165, 1.54) is 17.7 Å². The second kappa shape index (κ2) is 8.04. The topological polar surface area (TPSA) is 58.2 Å². The average molecular weight is 371 g/mol. The Morgan fingerprint density at radius 2 is 1.85 bits per heavy atom. The van der Waals surface area contributed by atoms with E-state index < -0.39 is 0 Å². The number of hydrogen-bond donors (Lipinski definition) is 2. The number of amides is 2. The largest absolute Gasteiger partial charge is 0.354 e. The van der Waals surface area contributed by atoms with E-state index >= 15 is 0 Å². The van der Waals surface area contributed by atoms with Gasteiger partial charge < -0.3 is 10.6 Å². The van der Waals surface area contributed by atoms with Crippen molar-refractivity contribution in [2.24, 2.45) is 0 Å². The highest BCUT2D eigenvalue weighted by molar-refractivity contribution is 7.10. The van der Waals surface area contributed by atoms with Gasteiger partial charge in [0.1, 0.15) is 0 Å². The lowest BCUT2D eigenvalue weighted by atomic mass is 9.84. The maximum Gasteiger partial charge on any atom is 0.251 e. The lowest BCUT2D eigenvalue weighted by molar-refractivity contribution is -0.120. The van der Waals surface area contributed by atoms with Crippen LogP contribution in [0.3, 0.4) is 0 Å². The Balaban J connectivity index is 1.52. The molecule has 1 fully saturated rings. The molecule has 2 aromatic rings. The maximum atomic E-state index is 12.2. The van der Waals surface area contributed by atoms with E-state index in [0.29, 0.717) is 12.1 Å². The summed E-state index contributed by atoms with van der Waals surface area (Å²) in [6, 6.07) is 9.82. The third-order valence-corrected chi connectivity index (χ3v) is 6.52. The Kier molecular flexibility index (Phi) is 5.77. The first-order valence-corrected chi connectivity index (χ1v) is 10.0. The van der Waals surface area contributed by atoms with Gasteiger partial charge >= 0.3 is 0 Å². The van der Waals surface area contributed by atoms with Crippen molar-refractivity contribution in [3.8, 4) is 0 Å². The zero-order valence-electron chi connectivity index (χ0n) is 15.4. The van der Waals surface area contributed by atoms with E-state index in [2.05, 4.69) is 28.1 Å². The molecule has 0 radical (unpaired) electrons. The van der Waals surface area contributed by atoms with Crippen LogP contribution in [-0.4, -0.2) is 24.9 Å². The van der Waals surface area contributed by atoms with Crippen LogP contribution in [0.1, 0.15) is 52.0 Å². The quantitative estimate of drug-likeness (QED) is 0.814. The summed E-state index contributed by atoms with van der Waals surface area (Å²) < 4.78 is 0. The summed E-state index contributed by atoms with van der Waals surface area (Å²) in [5.74, 6) is -0.345. The fourth-order valence-corrected chi connectivity index (χ4v) is 4.61. The molecule has 0 atom stereocenters. The minimum Gasteiger partial charge on any atom is -0.354 e. The normalized spacial score (nSPS) is 15.6. The first-order valence-electron chi connectivity index (χ1n) is 9.16. The smallest absolute Gasteiger partial charge is 0.251 e. The second-order valence-electron chi connectivity index (χ2n) is 7.22. The van der Waals surface area contributed by atoms with Crippen molar-refractivity contribution in [1.29, 1.82) is 0 Å². The van der Waals surface area contributed by atoms with Crippen molar-refractivity contribution in [1.82, 2.24) is 10.6 Å². The van der Waals surface area contributed by atoms with Crippen molar-refractivity contribution < 1.29 is 9.59 Å². The van der Waals surface area contributed by atoms with E-state index in [9.17, 15) is 9.59 Å². The van der Waals surface area contributed by atoms with Gasteiger partial charge in [0, 0.05) is 22.4 Å². The Morgan fingerprint density at radius 3 is 2.50 bits per heavy atom. The van der Waals surface area contributed by atoms with Crippen LogP contribution >= 0.6 is 11.3 Å². The molecule has 1 heterocycles. The van der Waals surface area contributed by atoms with Gasteiger partial charge in [0.25, 0.3) is 5.91 Å². The van der Waals surface area contributed by atoms with Gasteiger partial charge in [-0.1, -0.05) is 25.0 Å². The van der Waals surface area contributed by atoms with Gasteiger partial charge in [-0.25, -0.2) is 0 Å². The summed E-state index contributed by atoms with van der Waals surface area (Å²) in [7, 11) is 0. The number of thiophene rings is 1. The highest BCUT2D eigenvalue weighted by atomic mass is 32.1. The van der Waals surface area contributed by atoms with Crippen LogP contribution in [0.2, 0.25) is 0 Å². The summed E-state index contributed by atoms with van der Waals surface area (Å²) in [5, 5.41) is 7.85. The minimum atomic E-state index is -0.211. The van der Waals surface area contributed by atoms with Crippen molar-refractivity contribution in [3.05, 3.63) is 57.3 Å². The van der Waals surface area contributed by atoms with Crippen LogP contribution in [0, 0.1) is 13.8 Å². The summed E-state index contributed by atoms with van der Waals surface area (Å²) >= 11 is 1.77. The van der Waals surface area contributed by atoms with Crippen molar-refractivity contribution in [3.63, 3.8) is 0 Å². The third-order valence-electron chi connectivity index (χ3n) is 5.41. The van der Waals surface area contributed by atoms with Gasteiger partial charge in [-0.05, 0) is 61.4 Å². The molecule has 2 amide bonds. The van der Waals surface area contributed by atoms with Crippen LogP contribution in [-0.2, 0) is 10.2 Å². The fraction of sp³-hybridized carbons (Fsp3) is 0.429. The van der Waals surface area contributed by atoms with Crippen LogP contribution < -0.4 is 10.6 Å². The molecule has 0 unspecified atom stereocenters. The zero-order chi connectivity index (χ0) is 18.6. The number of benzene rings is 1. The molecule has 1 aromatic heterocycles. The van der Waals surface area contributed by atoms with E-state index in [1.807, 2.05) is 26.0 Å². The molecular weight excluding hydrogens is 344 g/mol. The van der Waals surface area contributed by atoms with Gasteiger partial charge in [0.2, 0.25) is 5.91 Å². The van der Waals surface area contributed by atoms with Gasteiger partial charge in [-0.15, -0.1) is 11.3 Å². The summed E-state index contributed by atoms with van der Waals surface area (Å²) in [6.45, 7) is 4.64. The molecular formula is C21H26N2O2S. The fourth-order valence-electron chi connectivity index (χ4n) is 3.62. The van der Waals surface area contributed by atoms with Crippen LogP contribution in [0.15, 0.2) is 35.7 Å². The van der Waals surface area contributed by atoms with E-state index in [-0.39, 0.29) is 23.8 Å². The molecule has 0 bridgehead atoms. The SMILES string of the molecule is Cc1ccc(C(=O)NCC(=O)NCC2(c3cccs3)CCCC2)cc1C. The Hall–Kier alpha value is -2.14. The molecule has 1 aliphatic rings. The first kappa shape index (κ1) is 18.6. The van der Waals surface area contributed by atoms with E-state index in [0.717, 1.165) is 24.0 Å². The predicted molar refractivity (Wildman–Crippen MR) is 106 cm³/mol. The highest BCUT2D eigenvalue weighted by Gasteiger charge is 2.36. The molecule has 0 spiro atoms. The van der Waals surface area contributed by atoms with Crippen LogP contribution in [0.25, 0.3) is 0 Å². The molecule has 0 aliphatic heterocycles. The highest BCUT2D eigenvalue weighted by Crippen LogP contribution is 2.42. The predicted octanol–water partition coefficient (Wildman–Crippen LogP) is 3.72. The van der Waals surface area contributed by atoms with E-state index in [1.54, 1.807) is 17.4 Å². The molecule has 3 rings (SSSR count). The van der Waals surface area contributed by atoms with Crippen LogP contribution in [0.4, 0.5) is 0 Å². The molecule has 1 aromatic carbocycles. The molecule has 138 valence electrons. The average Bonchev–Trinajstić information content (AvgIpc) is 3.32. The van der Waals surface area contributed by atoms with E-state index in [4.69, 9.17) is 0 Å². The van der Waals surface area contributed by atoms with Gasteiger partial charge in [-0.2, -0.15) is 0 Å². The number of aryl methyl sites for hydroxylation is 2. The Morgan fingerprint density at radius 1 is 1.08 bits per heavy atom. The molecule has 1 aliphatic carbocycles. The van der Waals surface area contributed by atoms with Crippen molar-refractivity contribution in [2.45, 2.75) is 44.9 Å². The summed E-state index contributed by atoms with van der Waals surface area (Å²) in [6.07, 6.45) is 4.64. The zero-order valence-corrected chi connectivity index (χ0v) is 16.2. The first-order chi connectivity index (χ1) is 12.5. The Labute approximate surface area is 159 Å². The van der Waals surface area contributed by atoms with Crippen molar-refractivity contribution >= 4 is 23.2 Å². The molecule has 4 nitrogen and oxygen atoms in total. The number of hydrogen-bond acceptors (Lipinski definition) is 3. The monoisotopic (exact) mass is 370 g/mol. The number of carbonyl (C=O) groups is 2. The molecule has 0 saturated heterocycles. The minimum absolute atomic E-state index is 0.00623. The second-order valence-corrected chi connectivity index (χ2v) is 8.17. The lowest BCUT2D eigenvalue weighted by Crippen LogP contribution is -2.43. The van der Waals surface area contributed by atoms with Crippen molar-refractivity contribution in [2.75, 3.05) is 13.1 Å². The molecule has 1 saturated carbocycles. The lowest BCUT2D eigenvalue weighted by Gasteiger charge is -2.28. The maximum absolute atomic E-state index is 12.2. The standard InChI is InChI=1S/C21H26N2O2S/c1-15-7-8-17(12-16(15)2)20(25)22-13-19(24)23-14-21(9-3-4-10-21)18-6-5-11-26-18/h5-8,11-12H,3-4,9-10,13-14H2,1-2H3,(H,22,25)(H,23,24).